The normalized spacial score (nSPS) is 12.4. The molecular weight excluding hydrogens is 238 g/mol. The van der Waals surface area contributed by atoms with E-state index in [4.69, 9.17) is 9.47 Å². The third-order valence-electron chi connectivity index (χ3n) is 3.02. The van der Waals surface area contributed by atoms with E-state index >= 15 is 0 Å². The van der Waals surface area contributed by atoms with E-state index < -0.39 is 0 Å². The molecule has 0 saturated carbocycles. The summed E-state index contributed by atoms with van der Waals surface area (Å²) in [5.41, 5.74) is 1.25. The second-order valence-corrected chi connectivity index (χ2v) is 4.73. The van der Waals surface area contributed by atoms with Crippen LogP contribution in [0.4, 0.5) is 0 Å². The molecule has 3 nitrogen and oxygen atoms in total. The maximum absolute atomic E-state index is 5.67. The third kappa shape index (κ3) is 6.08. The van der Waals surface area contributed by atoms with Gasteiger partial charge in [0, 0.05) is 7.11 Å². The summed E-state index contributed by atoms with van der Waals surface area (Å²) in [6.45, 7) is 6.83. The molecule has 3 heteroatoms. The Labute approximate surface area is 117 Å². The number of ether oxygens (including phenoxy) is 2. The van der Waals surface area contributed by atoms with E-state index in [2.05, 4.69) is 31.3 Å². The molecule has 0 aromatic heterocycles. The average molecular weight is 265 g/mol. The van der Waals surface area contributed by atoms with Gasteiger partial charge in [-0.2, -0.15) is 0 Å². The quantitative estimate of drug-likeness (QED) is 0.656. The van der Waals surface area contributed by atoms with Crippen molar-refractivity contribution >= 4 is 0 Å². The lowest BCUT2D eigenvalue weighted by Crippen LogP contribution is -2.25. The second kappa shape index (κ2) is 9.82. The minimum atomic E-state index is 0.259. The maximum atomic E-state index is 5.67. The molecule has 1 aromatic rings. The SMILES string of the molecule is CCCCOc1ccc(C(COC)NCCC)cc1. The van der Waals surface area contributed by atoms with Gasteiger partial charge < -0.3 is 14.8 Å². The molecule has 1 rings (SSSR count). The van der Waals surface area contributed by atoms with Crippen molar-refractivity contribution in [2.75, 3.05) is 26.9 Å². The molecular formula is C16H27NO2. The average Bonchev–Trinajstić information content (AvgIpc) is 2.45. The van der Waals surface area contributed by atoms with Gasteiger partial charge in [-0.15, -0.1) is 0 Å². The zero-order chi connectivity index (χ0) is 13.9. The van der Waals surface area contributed by atoms with E-state index in [1.165, 1.54) is 5.56 Å². The van der Waals surface area contributed by atoms with Crippen molar-refractivity contribution in [3.63, 3.8) is 0 Å². The summed E-state index contributed by atoms with van der Waals surface area (Å²) < 4.78 is 10.9. The van der Waals surface area contributed by atoms with Crippen molar-refractivity contribution in [1.82, 2.24) is 5.32 Å². The van der Waals surface area contributed by atoms with Crippen LogP contribution in [0.1, 0.15) is 44.7 Å². The van der Waals surface area contributed by atoms with Crippen LogP contribution >= 0.6 is 0 Å². The first-order chi connectivity index (χ1) is 9.31. The Balaban J connectivity index is 2.55. The predicted octanol–water partition coefficient (Wildman–Crippen LogP) is 3.55. The van der Waals surface area contributed by atoms with Crippen LogP contribution in [-0.4, -0.2) is 26.9 Å². The zero-order valence-electron chi connectivity index (χ0n) is 12.4. The van der Waals surface area contributed by atoms with Crippen LogP contribution in [0.3, 0.4) is 0 Å². The fourth-order valence-electron chi connectivity index (χ4n) is 1.89. The van der Waals surface area contributed by atoms with Gasteiger partial charge in [-0.1, -0.05) is 32.4 Å². The first-order valence-electron chi connectivity index (χ1n) is 7.26. The number of benzene rings is 1. The highest BCUT2D eigenvalue weighted by Crippen LogP contribution is 2.18. The van der Waals surface area contributed by atoms with Gasteiger partial charge in [0.25, 0.3) is 0 Å². The van der Waals surface area contributed by atoms with Crippen molar-refractivity contribution < 1.29 is 9.47 Å². The first kappa shape index (κ1) is 16.0. The Bertz CT molecular complexity index is 324. The topological polar surface area (TPSA) is 30.5 Å². The highest BCUT2D eigenvalue weighted by Gasteiger charge is 2.10. The van der Waals surface area contributed by atoms with E-state index in [-0.39, 0.29) is 6.04 Å². The molecule has 0 aliphatic heterocycles. The Morgan fingerprint density at radius 1 is 1.11 bits per heavy atom. The summed E-state index contributed by atoms with van der Waals surface area (Å²) in [6.07, 6.45) is 3.39. The standard InChI is InChI=1S/C16H27NO2/c1-4-6-12-19-15-9-7-14(8-10-15)16(13-18-3)17-11-5-2/h7-10,16-17H,4-6,11-13H2,1-3H3. The Morgan fingerprint density at radius 3 is 2.42 bits per heavy atom. The summed E-state index contributed by atoms with van der Waals surface area (Å²) in [6, 6.07) is 8.58. The molecule has 1 atom stereocenters. The molecule has 1 unspecified atom stereocenters. The number of rotatable bonds is 10. The summed E-state index contributed by atoms with van der Waals surface area (Å²) in [5.74, 6) is 0.948. The zero-order valence-corrected chi connectivity index (χ0v) is 12.4. The first-order valence-corrected chi connectivity index (χ1v) is 7.26. The minimum Gasteiger partial charge on any atom is -0.494 e. The van der Waals surface area contributed by atoms with Crippen LogP contribution in [0, 0.1) is 0 Å². The smallest absolute Gasteiger partial charge is 0.119 e. The number of hydrogen-bond donors (Lipinski definition) is 1. The van der Waals surface area contributed by atoms with Crippen molar-refractivity contribution in [2.45, 2.75) is 39.2 Å². The molecule has 108 valence electrons. The van der Waals surface area contributed by atoms with Gasteiger partial charge in [-0.05, 0) is 37.1 Å². The molecule has 1 N–H and O–H groups in total. The van der Waals surface area contributed by atoms with Crippen LogP contribution in [0.2, 0.25) is 0 Å². The number of unbranched alkanes of at least 4 members (excludes halogenated alkanes) is 1. The van der Waals surface area contributed by atoms with Crippen molar-refractivity contribution in [1.29, 1.82) is 0 Å². The molecule has 0 bridgehead atoms. The van der Waals surface area contributed by atoms with Crippen LogP contribution in [-0.2, 0) is 4.74 Å². The summed E-state index contributed by atoms with van der Waals surface area (Å²) in [4.78, 5) is 0. The van der Waals surface area contributed by atoms with E-state index in [1.54, 1.807) is 7.11 Å². The van der Waals surface area contributed by atoms with Crippen molar-refractivity contribution in [3.8, 4) is 5.75 Å². The lowest BCUT2D eigenvalue weighted by Gasteiger charge is -2.18. The fourth-order valence-corrected chi connectivity index (χ4v) is 1.89. The van der Waals surface area contributed by atoms with Crippen molar-refractivity contribution in [3.05, 3.63) is 29.8 Å². The maximum Gasteiger partial charge on any atom is 0.119 e. The lowest BCUT2D eigenvalue weighted by atomic mass is 10.1. The molecule has 0 aliphatic rings. The molecule has 0 fully saturated rings. The van der Waals surface area contributed by atoms with Gasteiger partial charge in [0.05, 0.1) is 19.3 Å². The molecule has 0 heterocycles. The lowest BCUT2D eigenvalue weighted by molar-refractivity contribution is 0.167. The van der Waals surface area contributed by atoms with Gasteiger partial charge in [-0.25, -0.2) is 0 Å². The molecule has 0 aliphatic carbocycles. The van der Waals surface area contributed by atoms with E-state index in [9.17, 15) is 0 Å². The number of hydrogen-bond acceptors (Lipinski definition) is 3. The molecule has 0 saturated heterocycles. The van der Waals surface area contributed by atoms with Crippen LogP contribution in [0.25, 0.3) is 0 Å². The Hall–Kier alpha value is -1.06. The summed E-state index contributed by atoms with van der Waals surface area (Å²) in [5, 5.41) is 3.49. The number of nitrogens with one attached hydrogen (secondary N) is 1. The summed E-state index contributed by atoms with van der Waals surface area (Å²) in [7, 11) is 1.74. The van der Waals surface area contributed by atoms with E-state index in [0.29, 0.717) is 6.61 Å². The van der Waals surface area contributed by atoms with Crippen LogP contribution < -0.4 is 10.1 Å². The molecule has 19 heavy (non-hydrogen) atoms. The molecule has 0 radical (unpaired) electrons. The second-order valence-electron chi connectivity index (χ2n) is 4.73. The van der Waals surface area contributed by atoms with Crippen molar-refractivity contribution in [2.24, 2.45) is 0 Å². The van der Waals surface area contributed by atoms with Gasteiger partial charge in [0.2, 0.25) is 0 Å². The fraction of sp³-hybridized carbons (Fsp3) is 0.625. The Kier molecular flexibility index (Phi) is 8.26. The van der Waals surface area contributed by atoms with Crippen LogP contribution in [0.15, 0.2) is 24.3 Å². The highest BCUT2D eigenvalue weighted by atomic mass is 16.5. The Morgan fingerprint density at radius 2 is 1.84 bits per heavy atom. The molecule has 1 aromatic carbocycles. The third-order valence-corrected chi connectivity index (χ3v) is 3.02. The number of methoxy groups -OCH3 is 1. The van der Waals surface area contributed by atoms with Gasteiger partial charge in [0.1, 0.15) is 5.75 Å². The molecule has 0 amide bonds. The minimum absolute atomic E-state index is 0.259. The monoisotopic (exact) mass is 265 g/mol. The van der Waals surface area contributed by atoms with E-state index in [0.717, 1.165) is 38.2 Å². The largest absolute Gasteiger partial charge is 0.494 e. The van der Waals surface area contributed by atoms with Gasteiger partial charge >= 0.3 is 0 Å². The van der Waals surface area contributed by atoms with Crippen LogP contribution in [0.5, 0.6) is 5.75 Å². The van der Waals surface area contributed by atoms with Gasteiger partial charge in [0.15, 0.2) is 0 Å². The molecule has 0 spiro atoms. The summed E-state index contributed by atoms with van der Waals surface area (Å²) >= 11 is 0. The highest BCUT2D eigenvalue weighted by molar-refractivity contribution is 5.29. The van der Waals surface area contributed by atoms with Gasteiger partial charge in [-0.3, -0.25) is 0 Å². The predicted molar refractivity (Wildman–Crippen MR) is 79.8 cm³/mol. The van der Waals surface area contributed by atoms with E-state index in [1.807, 2.05) is 12.1 Å².